The van der Waals surface area contributed by atoms with Crippen LogP contribution in [0.3, 0.4) is 0 Å². The number of fused-ring (bicyclic) bond motifs is 7. The maximum Gasteiger partial charge on any atom is 0.141 e. The van der Waals surface area contributed by atoms with Gasteiger partial charge in [0, 0.05) is 54.3 Å². The van der Waals surface area contributed by atoms with Crippen LogP contribution in [0.15, 0.2) is 54.9 Å². The molecule has 6 rings (SSSR count). The number of imidazole rings is 1. The molecule has 0 aliphatic carbocycles. The molecule has 5 nitrogen and oxygen atoms in total. The van der Waals surface area contributed by atoms with Gasteiger partial charge < -0.3 is 9.97 Å². The second kappa shape index (κ2) is 6.50. The van der Waals surface area contributed by atoms with Gasteiger partial charge in [0.15, 0.2) is 0 Å². The fraction of sp³-hybridized carbons (Fsp3) is 0.160. The van der Waals surface area contributed by atoms with Gasteiger partial charge in [-0.05, 0) is 65.1 Å². The molecule has 6 heteroatoms. The largest absolute Gasteiger partial charge is 0.357 e. The third-order valence-electron chi connectivity index (χ3n) is 5.82. The Morgan fingerprint density at radius 3 is 2.26 bits per heavy atom. The Morgan fingerprint density at radius 2 is 1.52 bits per heavy atom. The van der Waals surface area contributed by atoms with Crippen LogP contribution in [0.25, 0.3) is 55.1 Å². The molecule has 4 heterocycles. The Kier molecular flexibility index (Phi) is 3.93. The molecule has 0 atom stereocenters. The van der Waals surface area contributed by atoms with E-state index in [4.69, 9.17) is 4.98 Å². The molecule has 0 saturated heterocycles. The minimum Gasteiger partial charge on any atom is -0.357 e. The van der Waals surface area contributed by atoms with Crippen LogP contribution in [0.4, 0.5) is 0 Å². The van der Waals surface area contributed by atoms with Gasteiger partial charge in [0.1, 0.15) is 5.82 Å². The average Bonchev–Trinajstić information content (AvgIpc) is 3.35. The molecular formula is C25H20IN5. The average molecular weight is 517 g/mol. The lowest BCUT2D eigenvalue weighted by molar-refractivity contribution is 0.575. The van der Waals surface area contributed by atoms with Crippen molar-refractivity contribution >= 4 is 66.3 Å². The Labute approximate surface area is 192 Å². The number of aromatic nitrogens is 5. The third kappa shape index (κ3) is 2.77. The summed E-state index contributed by atoms with van der Waals surface area (Å²) < 4.78 is 1.20. The summed E-state index contributed by atoms with van der Waals surface area (Å²) >= 11 is 2.37. The number of nitrogens with one attached hydrogen (secondary N) is 2. The van der Waals surface area contributed by atoms with Crippen LogP contribution in [0.2, 0.25) is 0 Å². The molecule has 0 aliphatic heterocycles. The zero-order chi connectivity index (χ0) is 21.3. The van der Waals surface area contributed by atoms with Gasteiger partial charge in [-0.2, -0.15) is 0 Å². The van der Waals surface area contributed by atoms with E-state index in [0.29, 0.717) is 0 Å². The quantitative estimate of drug-likeness (QED) is 0.188. The predicted molar refractivity (Wildman–Crippen MR) is 135 cm³/mol. The lowest BCUT2D eigenvalue weighted by atomic mass is 9.88. The summed E-state index contributed by atoms with van der Waals surface area (Å²) in [5.74, 6) is 0.870. The van der Waals surface area contributed by atoms with Gasteiger partial charge in [-0.1, -0.05) is 20.8 Å². The number of nitrogens with zero attached hydrogens (tertiary/aromatic N) is 3. The summed E-state index contributed by atoms with van der Waals surface area (Å²) in [6, 6.07) is 14.6. The first-order valence-corrected chi connectivity index (χ1v) is 11.3. The van der Waals surface area contributed by atoms with Crippen molar-refractivity contribution in [2.24, 2.45) is 0 Å². The fourth-order valence-electron chi connectivity index (χ4n) is 4.43. The molecule has 31 heavy (non-hydrogen) atoms. The molecule has 0 aliphatic rings. The highest BCUT2D eigenvalue weighted by atomic mass is 127. The molecule has 0 bridgehead atoms. The first-order valence-electron chi connectivity index (χ1n) is 10.2. The van der Waals surface area contributed by atoms with Gasteiger partial charge >= 0.3 is 0 Å². The lowest BCUT2D eigenvalue weighted by Gasteiger charge is -2.18. The maximum absolute atomic E-state index is 5.14. The van der Waals surface area contributed by atoms with Gasteiger partial charge in [0.2, 0.25) is 0 Å². The molecule has 0 radical (unpaired) electrons. The minimum atomic E-state index is -0.0635. The van der Waals surface area contributed by atoms with Crippen molar-refractivity contribution in [1.29, 1.82) is 0 Å². The van der Waals surface area contributed by atoms with E-state index in [9.17, 15) is 0 Å². The second-order valence-corrected chi connectivity index (χ2v) is 10.2. The number of H-pyrrole nitrogens is 2. The molecule has 0 spiro atoms. The molecular weight excluding hydrogens is 497 g/mol. The Bertz CT molecular complexity index is 1560. The normalized spacial score (nSPS) is 12.5. The minimum absolute atomic E-state index is 0.0635. The zero-order valence-electron chi connectivity index (χ0n) is 17.4. The van der Waals surface area contributed by atoms with E-state index in [1.807, 2.05) is 24.5 Å². The van der Waals surface area contributed by atoms with Gasteiger partial charge in [-0.15, -0.1) is 0 Å². The maximum atomic E-state index is 5.14. The van der Waals surface area contributed by atoms with Crippen molar-refractivity contribution in [2.75, 3.05) is 0 Å². The topological polar surface area (TPSA) is 70.2 Å². The molecule has 4 aromatic heterocycles. The predicted octanol–water partition coefficient (Wildman–Crippen LogP) is 6.71. The van der Waals surface area contributed by atoms with E-state index in [2.05, 4.69) is 93.6 Å². The molecule has 0 fully saturated rings. The molecule has 6 aromatic rings. The van der Waals surface area contributed by atoms with E-state index < -0.39 is 0 Å². The smallest absolute Gasteiger partial charge is 0.141 e. The van der Waals surface area contributed by atoms with E-state index in [-0.39, 0.29) is 5.41 Å². The number of hydrogen-bond donors (Lipinski definition) is 2. The van der Waals surface area contributed by atoms with E-state index in [1.165, 1.54) is 14.7 Å². The van der Waals surface area contributed by atoms with Crippen LogP contribution >= 0.6 is 22.6 Å². The second-order valence-electron chi connectivity index (χ2n) is 8.92. The van der Waals surface area contributed by atoms with Gasteiger partial charge in [0.05, 0.1) is 22.1 Å². The summed E-state index contributed by atoms with van der Waals surface area (Å²) in [5.41, 5.74) is 7.07. The highest BCUT2D eigenvalue weighted by Gasteiger charge is 2.26. The highest BCUT2D eigenvalue weighted by Crippen LogP contribution is 2.40. The van der Waals surface area contributed by atoms with Crippen molar-refractivity contribution in [3.8, 4) is 11.4 Å². The third-order valence-corrected chi connectivity index (χ3v) is 6.49. The van der Waals surface area contributed by atoms with Gasteiger partial charge in [-0.3, -0.25) is 9.97 Å². The number of benzene rings is 2. The van der Waals surface area contributed by atoms with Crippen molar-refractivity contribution in [1.82, 2.24) is 24.9 Å². The molecule has 152 valence electrons. The summed E-state index contributed by atoms with van der Waals surface area (Å²) in [4.78, 5) is 21.7. The zero-order valence-corrected chi connectivity index (χ0v) is 19.6. The van der Waals surface area contributed by atoms with Crippen LogP contribution in [-0.2, 0) is 5.41 Å². The fourth-order valence-corrected chi connectivity index (χ4v) is 4.93. The lowest BCUT2D eigenvalue weighted by Crippen LogP contribution is -2.13. The SMILES string of the molecule is CC(C)(C)c1[nH]c2ccc(I)cc2c1-c1nc2c3cccnc3c3ncccc3c2[nH]1. The highest BCUT2D eigenvalue weighted by molar-refractivity contribution is 14.1. The van der Waals surface area contributed by atoms with E-state index in [1.54, 1.807) is 0 Å². The van der Waals surface area contributed by atoms with Crippen molar-refractivity contribution in [3.63, 3.8) is 0 Å². The van der Waals surface area contributed by atoms with Crippen molar-refractivity contribution in [2.45, 2.75) is 26.2 Å². The van der Waals surface area contributed by atoms with Crippen LogP contribution < -0.4 is 0 Å². The summed E-state index contributed by atoms with van der Waals surface area (Å²) in [7, 11) is 0. The number of pyridine rings is 2. The Hall–Kier alpha value is -3.00. The standard InChI is InChI=1S/C25H20IN5/c1-25(2,3)23-18(16-12-13(26)8-9-17(16)29-23)24-30-21-14-6-4-10-27-19(14)20-15(22(21)31-24)7-5-11-28-20/h4-12,29H,1-3H3,(H,30,31). The first kappa shape index (κ1) is 18.7. The molecule has 0 amide bonds. The van der Waals surface area contributed by atoms with Crippen LogP contribution in [0, 0.1) is 3.57 Å². The van der Waals surface area contributed by atoms with Crippen LogP contribution in [0.5, 0.6) is 0 Å². The molecule has 2 aromatic carbocycles. The number of rotatable bonds is 1. The molecule has 0 saturated carbocycles. The van der Waals surface area contributed by atoms with Crippen molar-refractivity contribution in [3.05, 3.63) is 64.1 Å². The van der Waals surface area contributed by atoms with E-state index in [0.717, 1.165) is 49.7 Å². The summed E-state index contributed by atoms with van der Waals surface area (Å²) in [6.45, 7) is 6.69. The van der Waals surface area contributed by atoms with Crippen LogP contribution in [0.1, 0.15) is 26.5 Å². The Balaban J connectivity index is 1.78. The summed E-state index contributed by atoms with van der Waals surface area (Å²) in [6.07, 6.45) is 3.63. The Morgan fingerprint density at radius 1 is 0.806 bits per heavy atom. The number of hydrogen-bond acceptors (Lipinski definition) is 3. The van der Waals surface area contributed by atoms with Crippen LogP contribution in [-0.4, -0.2) is 24.9 Å². The first-order chi connectivity index (χ1) is 14.9. The van der Waals surface area contributed by atoms with Gasteiger partial charge in [-0.25, -0.2) is 4.98 Å². The van der Waals surface area contributed by atoms with E-state index >= 15 is 0 Å². The number of aromatic amines is 2. The van der Waals surface area contributed by atoms with Crippen molar-refractivity contribution < 1.29 is 0 Å². The summed E-state index contributed by atoms with van der Waals surface area (Å²) in [5, 5.41) is 3.23. The molecule has 2 N–H and O–H groups in total. The monoisotopic (exact) mass is 517 g/mol. The molecule has 0 unspecified atom stereocenters. The number of halogens is 1. The van der Waals surface area contributed by atoms with Gasteiger partial charge in [0.25, 0.3) is 0 Å².